The molecule has 0 fully saturated rings. The number of hydrogen-bond acceptors (Lipinski definition) is 4. The van der Waals surface area contributed by atoms with Crippen LogP contribution in [-0.2, 0) is 4.79 Å². The third-order valence-electron chi connectivity index (χ3n) is 2.96. The Hall–Kier alpha value is -2.77. The van der Waals surface area contributed by atoms with Crippen LogP contribution in [0.15, 0.2) is 36.4 Å². The molecule has 25 heavy (non-hydrogen) atoms. The maximum atomic E-state index is 11.9. The van der Waals surface area contributed by atoms with Crippen LogP contribution in [0.4, 0.5) is 5.69 Å². The number of halogens is 2. The van der Waals surface area contributed by atoms with Gasteiger partial charge in [-0.25, -0.2) is 9.59 Å². The predicted octanol–water partition coefficient (Wildman–Crippen LogP) is 3.41. The Kier molecular flexibility index (Phi) is 5.84. The second kappa shape index (κ2) is 7.87. The van der Waals surface area contributed by atoms with Gasteiger partial charge in [0.25, 0.3) is 5.91 Å². The standard InChI is InChI=1S/C16H11Cl2NO6/c17-10-1-2-13(12(18)6-10)25-7-14(20)19-11-4-8(15(21)22)3-9(5-11)16(23)24/h1-6H,7H2,(H,19,20)(H,21,22)(H,23,24). The van der Waals surface area contributed by atoms with Crippen LogP contribution in [0, 0.1) is 0 Å². The molecule has 1 amide bonds. The number of carbonyl (C=O) groups excluding carboxylic acids is 1. The van der Waals surface area contributed by atoms with Crippen molar-refractivity contribution in [3.8, 4) is 5.75 Å². The monoisotopic (exact) mass is 383 g/mol. The van der Waals surface area contributed by atoms with E-state index in [9.17, 15) is 14.4 Å². The number of carbonyl (C=O) groups is 3. The number of aromatic carboxylic acids is 2. The number of ether oxygens (including phenoxy) is 1. The molecule has 0 aliphatic heterocycles. The summed E-state index contributed by atoms with van der Waals surface area (Å²) in [5.74, 6) is -3.01. The van der Waals surface area contributed by atoms with E-state index in [2.05, 4.69) is 5.32 Å². The van der Waals surface area contributed by atoms with Crippen molar-refractivity contribution in [2.75, 3.05) is 11.9 Å². The van der Waals surface area contributed by atoms with Gasteiger partial charge in [0.2, 0.25) is 0 Å². The highest BCUT2D eigenvalue weighted by Gasteiger charge is 2.13. The van der Waals surface area contributed by atoms with Gasteiger partial charge in [-0.05, 0) is 36.4 Å². The van der Waals surface area contributed by atoms with Crippen molar-refractivity contribution in [1.29, 1.82) is 0 Å². The van der Waals surface area contributed by atoms with Crippen LogP contribution in [0.3, 0.4) is 0 Å². The van der Waals surface area contributed by atoms with E-state index < -0.39 is 24.5 Å². The van der Waals surface area contributed by atoms with Crippen molar-refractivity contribution in [3.63, 3.8) is 0 Å². The van der Waals surface area contributed by atoms with Crippen LogP contribution in [0.2, 0.25) is 10.0 Å². The highest BCUT2D eigenvalue weighted by Crippen LogP contribution is 2.27. The van der Waals surface area contributed by atoms with Crippen molar-refractivity contribution >= 4 is 46.7 Å². The normalized spacial score (nSPS) is 10.2. The molecule has 130 valence electrons. The first-order valence-electron chi connectivity index (χ1n) is 6.75. The Bertz CT molecular complexity index is 820. The minimum atomic E-state index is -1.32. The van der Waals surface area contributed by atoms with Gasteiger partial charge in [-0.15, -0.1) is 0 Å². The number of hydrogen-bond donors (Lipinski definition) is 3. The average molecular weight is 384 g/mol. The maximum Gasteiger partial charge on any atom is 0.335 e. The molecule has 0 bridgehead atoms. The molecule has 0 saturated carbocycles. The fourth-order valence-electron chi connectivity index (χ4n) is 1.88. The van der Waals surface area contributed by atoms with Crippen LogP contribution < -0.4 is 10.1 Å². The van der Waals surface area contributed by atoms with Crippen LogP contribution in [0.25, 0.3) is 0 Å². The van der Waals surface area contributed by atoms with Gasteiger partial charge in [-0.3, -0.25) is 4.79 Å². The summed E-state index contributed by atoms with van der Waals surface area (Å²) in [6, 6.07) is 7.75. The van der Waals surface area contributed by atoms with Crippen LogP contribution in [0.1, 0.15) is 20.7 Å². The summed E-state index contributed by atoms with van der Waals surface area (Å²) in [5, 5.41) is 21.0. The number of nitrogens with one attached hydrogen (secondary N) is 1. The molecule has 0 saturated heterocycles. The minimum absolute atomic E-state index is 0.0214. The SMILES string of the molecule is O=C(COc1ccc(Cl)cc1Cl)Nc1cc(C(=O)O)cc(C(=O)O)c1. The van der Waals surface area contributed by atoms with Crippen molar-refractivity contribution in [2.24, 2.45) is 0 Å². The molecule has 2 aromatic rings. The van der Waals surface area contributed by atoms with Gasteiger partial charge in [-0.1, -0.05) is 23.2 Å². The molecule has 0 spiro atoms. The zero-order chi connectivity index (χ0) is 18.6. The second-order valence-electron chi connectivity index (χ2n) is 4.82. The summed E-state index contributed by atoms with van der Waals surface area (Å²) in [6.07, 6.45) is 0. The van der Waals surface area contributed by atoms with E-state index in [1.807, 2.05) is 0 Å². The molecule has 0 unspecified atom stereocenters. The van der Waals surface area contributed by atoms with Gasteiger partial charge in [-0.2, -0.15) is 0 Å². The zero-order valence-electron chi connectivity index (χ0n) is 12.5. The summed E-state index contributed by atoms with van der Waals surface area (Å²) >= 11 is 11.7. The first-order valence-corrected chi connectivity index (χ1v) is 7.51. The maximum absolute atomic E-state index is 11.9. The molecule has 0 aliphatic rings. The topological polar surface area (TPSA) is 113 Å². The van der Waals surface area contributed by atoms with E-state index in [0.717, 1.165) is 18.2 Å². The molecule has 3 N–H and O–H groups in total. The Morgan fingerprint density at radius 1 is 0.960 bits per heavy atom. The smallest absolute Gasteiger partial charge is 0.335 e. The first kappa shape index (κ1) is 18.6. The van der Waals surface area contributed by atoms with Crippen LogP contribution in [-0.4, -0.2) is 34.7 Å². The average Bonchev–Trinajstić information content (AvgIpc) is 2.53. The molecule has 0 atom stereocenters. The summed E-state index contributed by atoms with van der Waals surface area (Å²) in [6.45, 7) is -0.416. The highest BCUT2D eigenvalue weighted by atomic mass is 35.5. The van der Waals surface area contributed by atoms with Crippen molar-refractivity contribution in [3.05, 3.63) is 57.6 Å². The molecule has 0 aliphatic carbocycles. The Morgan fingerprint density at radius 3 is 2.08 bits per heavy atom. The molecule has 7 nitrogen and oxygen atoms in total. The van der Waals surface area contributed by atoms with E-state index in [0.29, 0.717) is 5.02 Å². The molecule has 0 heterocycles. The second-order valence-corrected chi connectivity index (χ2v) is 5.66. The summed E-state index contributed by atoms with van der Waals surface area (Å²) in [4.78, 5) is 34.0. The van der Waals surface area contributed by atoms with Gasteiger partial charge in [0, 0.05) is 10.7 Å². The molecule has 0 aromatic heterocycles. The Morgan fingerprint density at radius 2 is 1.56 bits per heavy atom. The lowest BCUT2D eigenvalue weighted by atomic mass is 10.1. The van der Waals surface area contributed by atoms with E-state index >= 15 is 0 Å². The zero-order valence-corrected chi connectivity index (χ0v) is 14.0. The van der Waals surface area contributed by atoms with Gasteiger partial charge >= 0.3 is 11.9 Å². The lowest BCUT2D eigenvalue weighted by Gasteiger charge is -2.10. The number of carboxylic acids is 2. The van der Waals surface area contributed by atoms with Gasteiger partial charge in [0.1, 0.15) is 5.75 Å². The fraction of sp³-hybridized carbons (Fsp3) is 0.0625. The van der Waals surface area contributed by atoms with Gasteiger partial charge in [0.05, 0.1) is 16.1 Å². The number of benzene rings is 2. The number of carboxylic acid groups (broad SMARTS) is 2. The first-order chi connectivity index (χ1) is 11.8. The predicted molar refractivity (Wildman–Crippen MR) is 90.9 cm³/mol. The van der Waals surface area contributed by atoms with E-state index in [4.69, 9.17) is 38.2 Å². The van der Waals surface area contributed by atoms with E-state index in [1.54, 1.807) is 0 Å². The molecular formula is C16H11Cl2NO6. The molecule has 0 radical (unpaired) electrons. The van der Waals surface area contributed by atoms with Crippen molar-refractivity contribution in [2.45, 2.75) is 0 Å². The molecule has 9 heteroatoms. The molecular weight excluding hydrogens is 373 g/mol. The van der Waals surface area contributed by atoms with Gasteiger partial charge < -0.3 is 20.3 Å². The fourth-order valence-corrected chi connectivity index (χ4v) is 2.34. The lowest BCUT2D eigenvalue weighted by molar-refractivity contribution is -0.118. The molecule has 2 rings (SSSR count). The van der Waals surface area contributed by atoms with Crippen molar-refractivity contribution in [1.82, 2.24) is 0 Å². The summed E-state index contributed by atoms with van der Waals surface area (Å²) < 4.78 is 5.25. The Balaban J connectivity index is 2.09. The summed E-state index contributed by atoms with van der Waals surface area (Å²) in [7, 11) is 0. The number of amides is 1. The number of rotatable bonds is 6. The van der Waals surface area contributed by atoms with Crippen LogP contribution >= 0.6 is 23.2 Å². The number of anilines is 1. The highest BCUT2D eigenvalue weighted by molar-refractivity contribution is 6.35. The molecule has 2 aromatic carbocycles. The van der Waals surface area contributed by atoms with Crippen LogP contribution in [0.5, 0.6) is 5.75 Å². The largest absolute Gasteiger partial charge is 0.482 e. The minimum Gasteiger partial charge on any atom is -0.482 e. The Labute approximate surface area is 151 Å². The van der Waals surface area contributed by atoms with Crippen molar-refractivity contribution < 1.29 is 29.3 Å². The third-order valence-corrected chi connectivity index (χ3v) is 3.49. The summed E-state index contributed by atoms with van der Waals surface area (Å²) in [5.41, 5.74) is -0.512. The van der Waals surface area contributed by atoms with Gasteiger partial charge in [0.15, 0.2) is 6.61 Å². The third kappa shape index (κ3) is 5.10. The lowest BCUT2D eigenvalue weighted by Crippen LogP contribution is -2.20. The van der Waals surface area contributed by atoms with E-state index in [-0.39, 0.29) is 27.6 Å². The quantitative estimate of drug-likeness (QED) is 0.704. The van der Waals surface area contributed by atoms with E-state index in [1.165, 1.54) is 18.2 Å².